The molecule has 0 unspecified atom stereocenters. The van der Waals surface area contributed by atoms with Crippen LogP contribution in [0.1, 0.15) is 12.0 Å². The lowest BCUT2D eigenvalue weighted by molar-refractivity contribution is 0.439. The molecule has 0 radical (unpaired) electrons. The molecule has 0 spiro atoms. The Morgan fingerprint density at radius 1 is 1.09 bits per heavy atom. The van der Waals surface area contributed by atoms with Gasteiger partial charge in [-0.1, -0.05) is 29.8 Å². The summed E-state index contributed by atoms with van der Waals surface area (Å²) >= 11 is 5.94. The van der Waals surface area contributed by atoms with Crippen molar-refractivity contribution >= 4 is 22.5 Å². The molecule has 4 heteroatoms. The van der Waals surface area contributed by atoms with Gasteiger partial charge in [0.1, 0.15) is 5.75 Å². The summed E-state index contributed by atoms with van der Waals surface area (Å²) < 4.78 is 8.23. The summed E-state index contributed by atoms with van der Waals surface area (Å²) in [6, 6.07) is 15.8. The van der Waals surface area contributed by atoms with E-state index in [9.17, 15) is 0 Å². The number of rotatable bonds is 5. The van der Waals surface area contributed by atoms with Gasteiger partial charge in [0.2, 0.25) is 5.88 Å². The van der Waals surface area contributed by atoms with Crippen LogP contribution in [-0.4, -0.2) is 11.1 Å². The van der Waals surface area contributed by atoms with Gasteiger partial charge in [-0.2, -0.15) is 0 Å². The second kappa shape index (κ2) is 6.42. The highest BCUT2D eigenvalue weighted by molar-refractivity contribution is 6.30. The SMILES string of the molecule is Cn1c(Oc2ccc(Cl)cc2)c(CCCN)c2ccccc21. The van der Waals surface area contributed by atoms with Crippen molar-refractivity contribution in [1.29, 1.82) is 0 Å². The Labute approximate surface area is 135 Å². The van der Waals surface area contributed by atoms with Crippen LogP contribution in [0.5, 0.6) is 11.6 Å². The number of hydrogen-bond donors (Lipinski definition) is 1. The van der Waals surface area contributed by atoms with E-state index in [2.05, 4.69) is 22.8 Å². The Morgan fingerprint density at radius 2 is 1.82 bits per heavy atom. The number of para-hydroxylation sites is 1. The minimum absolute atomic E-state index is 0.670. The third-order valence-electron chi connectivity index (χ3n) is 3.81. The van der Waals surface area contributed by atoms with Gasteiger partial charge in [0.05, 0.1) is 5.52 Å². The average Bonchev–Trinajstić information content (AvgIpc) is 2.80. The van der Waals surface area contributed by atoms with E-state index < -0.39 is 0 Å². The fourth-order valence-electron chi connectivity index (χ4n) is 2.71. The first kappa shape index (κ1) is 14.9. The molecule has 114 valence electrons. The van der Waals surface area contributed by atoms with E-state index in [4.69, 9.17) is 22.1 Å². The summed E-state index contributed by atoms with van der Waals surface area (Å²) in [6.45, 7) is 0.670. The lowest BCUT2D eigenvalue weighted by Crippen LogP contribution is -2.01. The molecule has 0 aliphatic heterocycles. The van der Waals surface area contributed by atoms with Crippen molar-refractivity contribution in [3.63, 3.8) is 0 Å². The number of hydrogen-bond acceptors (Lipinski definition) is 2. The molecule has 1 aromatic heterocycles. The normalized spacial score (nSPS) is 11.0. The highest BCUT2D eigenvalue weighted by Gasteiger charge is 2.16. The first-order valence-corrected chi connectivity index (χ1v) is 7.78. The minimum atomic E-state index is 0.670. The molecule has 0 saturated heterocycles. The third kappa shape index (κ3) is 2.82. The van der Waals surface area contributed by atoms with E-state index in [1.165, 1.54) is 16.5 Å². The van der Waals surface area contributed by atoms with E-state index in [0.29, 0.717) is 11.6 Å². The van der Waals surface area contributed by atoms with E-state index in [1.54, 1.807) is 0 Å². The number of aryl methyl sites for hydroxylation is 2. The highest BCUT2D eigenvalue weighted by atomic mass is 35.5. The molecule has 0 fully saturated rings. The summed E-state index contributed by atoms with van der Waals surface area (Å²) in [4.78, 5) is 0. The fraction of sp³-hybridized carbons (Fsp3) is 0.222. The van der Waals surface area contributed by atoms with Crippen LogP contribution < -0.4 is 10.5 Å². The summed E-state index contributed by atoms with van der Waals surface area (Å²) in [6.07, 6.45) is 1.84. The smallest absolute Gasteiger partial charge is 0.204 e. The number of nitrogens with zero attached hydrogens (tertiary/aromatic N) is 1. The van der Waals surface area contributed by atoms with Gasteiger partial charge in [-0.05, 0) is 49.7 Å². The molecular formula is C18H19ClN2O. The Hall–Kier alpha value is -1.97. The van der Waals surface area contributed by atoms with Crippen LogP contribution in [0.15, 0.2) is 48.5 Å². The number of nitrogens with two attached hydrogens (primary N) is 1. The van der Waals surface area contributed by atoms with Gasteiger partial charge in [0.15, 0.2) is 0 Å². The molecule has 0 aliphatic rings. The van der Waals surface area contributed by atoms with E-state index in [1.807, 2.05) is 37.4 Å². The number of aromatic nitrogens is 1. The maximum atomic E-state index is 6.14. The lowest BCUT2D eigenvalue weighted by Gasteiger charge is -2.10. The van der Waals surface area contributed by atoms with Gasteiger partial charge in [-0.25, -0.2) is 0 Å². The standard InChI is InChI=1S/C18H19ClN2O/c1-21-17-7-3-2-5-15(17)16(6-4-12-20)18(21)22-14-10-8-13(19)9-11-14/h2-3,5,7-11H,4,6,12,20H2,1H3. The molecule has 22 heavy (non-hydrogen) atoms. The van der Waals surface area contributed by atoms with Crippen LogP contribution >= 0.6 is 11.6 Å². The summed E-state index contributed by atoms with van der Waals surface area (Å²) in [7, 11) is 2.03. The number of fused-ring (bicyclic) bond motifs is 1. The Morgan fingerprint density at radius 3 is 2.55 bits per heavy atom. The third-order valence-corrected chi connectivity index (χ3v) is 4.06. The van der Waals surface area contributed by atoms with Crippen LogP contribution in [-0.2, 0) is 13.5 Å². The summed E-state index contributed by atoms with van der Waals surface area (Å²) in [5, 5.41) is 1.93. The highest BCUT2D eigenvalue weighted by Crippen LogP contribution is 2.35. The van der Waals surface area contributed by atoms with Crippen LogP contribution in [0.25, 0.3) is 10.9 Å². The fourth-order valence-corrected chi connectivity index (χ4v) is 2.84. The van der Waals surface area contributed by atoms with Crippen LogP contribution in [0.2, 0.25) is 5.02 Å². The van der Waals surface area contributed by atoms with E-state index in [0.717, 1.165) is 24.5 Å². The maximum Gasteiger partial charge on any atom is 0.204 e. The molecule has 0 amide bonds. The molecule has 2 aromatic carbocycles. The zero-order chi connectivity index (χ0) is 15.5. The van der Waals surface area contributed by atoms with Gasteiger partial charge in [0, 0.05) is 23.0 Å². The van der Waals surface area contributed by atoms with Crippen molar-refractivity contribution in [1.82, 2.24) is 4.57 Å². The Balaban J connectivity index is 2.06. The lowest BCUT2D eigenvalue weighted by atomic mass is 10.1. The van der Waals surface area contributed by atoms with Crippen molar-refractivity contribution in [2.75, 3.05) is 6.54 Å². The number of halogens is 1. The molecule has 1 heterocycles. The van der Waals surface area contributed by atoms with Gasteiger partial charge >= 0.3 is 0 Å². The van der Waals surface area contributed by atoms with Crippen LogP contribution in [0, 0.1) is 0 Å². The average molecular weight is 315 g/mol. The molecular weight excluding hydrogens is 296 g/mol. The topological polar surface area (TPSA) is 40.2 Å². The minimum Gasteiger partial charge on any atom is -0.441 e. The van der Waals surface area contributed by atoms with Gasteiger partial charge < -0.3 is 15.0 Å². The molecule has 0 bridgehead atoms. The second-order valence-electron chi connectivity index (χ2n) is 5.31. The van der Waals surface area contributed by atoms with E-state index in [-0.39, 0.29) is 0 Å². The first-order valence-electron chi connectivity index (χ1n) is 7.40. The molecule has 3 rings (SSSR count). The predicted molar refractivity (Wildman–Crippen MR) is 91.8 cm³/mol. The van der Waals surface area contributed by atoms with Crippen molar-refractivity contribution in [3.05, 3.63) is 59.1 Å². The first-order chi connectivity index (χ1) is 10.7. The van der Waals surface area contributed by atoms with Gasteiger partial charge in [-0.3, -0.25) is 0 Å². The molecule has 3 nitrogen and oxygen atoms in total. The molecule has 2 N–H and O–H groups in total. The van der Waals surface area contributed by atoms with Crippen LogP contribution in [0.3, 0.4) is 0 Å². The molecule has 0 saturated carbocycles. The number of ether oxygens (including phenoxy) is 1. The summed E-state index contributed by atoms with van der Waals surface area (Å²) in [5.74, 6) is 1.65. The molecule has 0 aliphatic carbocycles. The second-order valence-corrected chi connectivity index (χ2v) is 5.74. The van der Waals surface area contributed by atoms with Gasteiger partial charge in [0.25, 0.3) is 0 Å². The summed E-state index contributed by atoms with van der Waals surface area (Å²) in [5.41, 5.74) is 8.06. The Kier molecular flexibility index (Phi) is 4.36. The monoisotopic (exact) mass is 314 g/mol. The van der Waals surface area contributed by atoms with E-state index >= 15 is 0 Å². The number of benzene rings is 2. The van der Waals surface area contributed by atoms with Crippen molar-refractivity contribution < 1.29 is 4.74 Å². The van der Waals surface area contributed by atoms with Crippen molar-refractivity contribution in [2.24, 2.45) is 12.8 Å². The zero-order valence-electron chi connectivity index (χ0n) is 12.6. The zero-order valence-corrected chi connectivity index (χ0v) is 13.3. The molecule has 3 aromatic rings. The largest absolute Gasteiger partial charge is 0.441 e. The van der Waals surface area contributed by atoms with Crippen molar-refractivity contribution in [2.45, 2.75) is 12.8 Å². The Bertz CT molecular complexity index is 778. The maximum absolute atomic E-state index is 6.14. The predicted octanol–water partition coefficient (Wildman–Crippen LogP) is 4.52. The quantitative estimate of drug-likeness (QED) is 0.752. The van der Waals surface area contributed by atoms with Crippen molar-refractivity contribution in [3.8, 4) is 11.6 Å². The van der Waals surface area contributed by atoms with Gasteiger partial charge in [-0.15, -0.1) is 0 Å². The molecule has 0 atom stereocenters. The van der Waals surface area contributed by atoms with Crippen LogP contribution in [0.4, 0.5) is 0 Å².